The van der Waals surface area contributed by atoms with Crippen LogP contribution in [0.2, 0.25) is 0 Å². The van der Waals surface area contributed by atoms with Gasteiger partial charge in [-0.15, -0.1) is 0 Å². The van der Waals surface area contributed by atoms with Gasteiger partial charge in [-0.05, 0) is 37.6 Å². The van der Waals surface area contributed by atoms with E-state index in [-0.39, 0.29) is 37.0 Å². The average molecular weight is 408 g/mol. The molecule has 2 aromatic carbocycles. The summed E-state index contributed by atoms with van der Waals surface area (Å²) in [6.45, 7) is 4.34. The second-order valence-electron chi connectivity index (χ2n) is 7.26. The molecule has 0 atom stereocenters. The van der Waals surface area contributed by atoms with Crippen LogP contribution < -0.4 is 0 Å². The quantitative estimate of drug-likeness (QED) is 0.782. The summed E-state index contributed by atoms with van der Waals surface area (Å²) in [5.41, 5.74) is 0.152. The van der Waals surface area contributed by atoms with Crippen LogP contribution in [0.25, 0.3) is 0 Å². The maximum atomic E-state index is 13.4. The van der Waals surface area contributed by atoms with Crippen LogP contribution in [0.1, 0.15) is 19.4 Å². The first-order valence-electron chi connectivity index (χ1n) is 8.94. The van der Waals surface area contributed by atoms with Gasteiger partial charge in [0.15, 0.2) is 11.6 Å². The Morgan fingerprint density at radius 3 is 2.11 bits per heavy atom. The molecule has 0 saturated carbocycles. The third kappa shape index (κ3) is 3.79. The van der Waals surface area contributed by atoms with Crippen molar-refractivity contribution in [1.29, 1.82) is 0 Å². The Kier molecular flexibility index (Phi) is 5.54. The first-order valence-corrected chi connectivity index (χ1v) is 10.4. The van der Waals surface area contributed by atoms with Crippen LogP contribution in [0.4, 0.5) is 8.78 Å². The molecule has 8 heteroatoms. The van der Waals surface area contributed by atoms with Gasteiger partial charge >= 0.3 is 0 Å². The number of sulfonamides is 1. The number of carbonyl (C=O) groups excluding carboxylic acids is 1. The van der Waals surface area contributed by atoms with Gasteiger partial charge in [-0.1, -0.05) is 30.3 Å². The lowest BCUT2D eigenvalue weighted by Crippen LogP contribution is -2.54. The van der Waals surface area contributed by atoms with E-state index in [1.54, 1.807) is 4.90 Å². The number of halogens is 2. The predicted molar refractivity (Wildman–Crippen MR) is 101 cm³/mol. The molecule has 0 radical (unpaired) electrons. The van der Waals surface area contributed by atoms with Crippen molar-refractivity contribution in [2.24, 2.45) is 0 Å². The van der Waals surface area contributed by atoms with Crippen LogP contribution in [0.15, 0.2) is 53.4 Å². The zero-order valence-corrected chi connectivity index (χ0v) is 16.5. The minimum Gasteiger partial charge on any atom is -0.339 e. The van der Waals surface area contributed by atoms with Crippen molar-refractivity contribution in [3.8, 4) is 0 Å². The molecule has 1 aliphatic heterocycles. The van der Waals surface area contributed by atoms with E-state index in [2.05, 4.69) is 0 Å². The molecule has 0 aliphatic carbocycles. The van der Waals surface area contributed by atoms with Crippen molar-refractivity contribution in [2.75, 3.05) is 26.2 Å². The van der Waals surface area contributed by atoms with Gasteiger partial charge in [0.25, 0.3) is 0 Å². The molecule has 1 fully saturated rings. The number of amides is 1. The van der Waals surface area contributed by atoms with Crippen molar-refractivity contribution in [3.05, 3.63) is 65.7 Å². The Balaban J connectivity index is 1.71. The van der Waals surface area contributed by atoms with Crippen LogP contribution in [0, 0.1) is 11.6 Å². The lowest BCUT2D eigenvalue weighted by Gasteiger charge is -2.38. The van der Waals surface area contributed by atoms with Gasteiger partial charge in [-0.25, -0.2) is 17.2 Å². The molecule has 1 aliphatic rings. The van der Waals surface area contributed by atoms with E-state index < -0.39 is 27.1 Å². The Labute approximate surface area is 163 Å². The van der Waals surface area contributed by atoms with E-state index in [4.69, 9.17) is 0 Å². The largest absolute Gasteiger partial charge is 0.339 e. The topological polar surface area (TPSA) is 57.7 Å². The van der Waals surface area contributed by atoms with E-state index in [0.29, 0.717) is 6.07 Å². The summed E-state index contributed by atoms with van der Waals surface area (Å²) in [5.74, 6) is -2.39. The zero-order valence-electron chi connectivity index (χ0n) is 15.7. The number of hydrogen-bond donors (Lipinski definition) is 0. The summed E-state index contributed by atoms with van der Waals surface area (Å²) in [5, 5.41) is 0. The van der Waals surface area contributed by atoms with E-state index in [1.165, 1.54) is 4.31 Å². The second kappa shape index (κ2) is 7.60. The Bertz CT molecular complexity index is 970. The maximum Gasteiger partial charge on any atom is 0.243 e. The van der Waals surface area contributed by atoms with Crippen molar-refractivity contribution in [3.63, 3.8) is 0 Å². The first-order chi connectivity index (χ1) is 13.1. The summed E-state index contributed by atoms with van der Waals surface area (Å²) in [4.78, 5) is 14.3. The van der Waals surface area contributed by atoms with Crippen LogP contribution in [-0.4, -0.2) is 49.7 Å². The number of benzene rings is 2. The fourth-order valence-electron chi connectivity index (χ4n) is 3.29. The second-order valence-corrected chi connectivity index (χ2v) is 9.20. The number of hydrogen-bond acceptors (Lipinski definition) is 3. The fourth-order valence-corrected chi connectivity index (χ4v) is 4.73. The maximum absolute atomic E-state index is 13.4. The molecule has 5 nitrogen and oxygen atoms in total. The highest BCUT2D eigenvalue weighted by Gasteiger charge is 2.37. The van der Waals surface area contributed by atoms with Crippen LogP contribution in [0.3, 0.4) is 0 Å². The lowest BCUT2D eigenvalue weighted by atomic mass is 9.83. The monoisotopic (exact) mass is 408 g/mol. The number of nitrogens with zero attached hydrogens (tertiary/aromatic N) is 2. The standard InChI is InChI=1S/C20H22F2N2O3S/c1-20(2,15-6-4-3-5-7-15)19(25)23-10-12-24(13-11-23)28(26,27)16-8-9-17(21)18(22)14-16/h3-9,14H,10-13H2,1-2H3. The van der Waals surface area contributed by atoms with Gasteiger partial charge in [0.1, 0.15) is 0 Å². The molecule has 28 heavy (non-hydrogen) atoms. The smallest absolute Gasteiger partial charge is 0.243 e. The molecule has 0 aromatic heterocycles. The molecule has 150 valence electrons. The number of piperazine rings is 1. The summed E-state index contributed by atoms with van der Waals surface area (Å²) >= 11 is 0. The zero-order chi connectivity index (χ0) is 20.5. The Hall–Kier alpha value is -2.32. The van der Waals surface area contributed by atoms with Crippen molar-refractivity contribution < 1.29 is 22.0 Å². The Morgan fingerprint density at radius 2 is 1.54 bits per heavy atom. The molecule has 3 rings (SSSR count). The number of rotatable bonds is 4. The summed E-state index contributed by atoms with van der Waals surface area (Å²) in [7, 11) is -3.95. The van der Waals surface area contributed by atoms with E-state index in [1.807, 2.05) is 44.2 Å². The van der Waals surface area contributed by atoms with Gasteiger partial charge < -0.3 is 4.90 Å². The highest BCUT2D eigenvalue weighted by molar-refractivity contribution is 7.89. The molecular formula is C20H22F2N2O3S. The fraction of sp³-hybridized carbons (Fsp3) is 0.350. The van der Waals surface area contributed by atoms with Gasteiger partial charge in [0.05, 0.1) is 10.3 Å². The molecule has 0 unspecified atom stereocenters. The molecule has 1 saturated heterocycles. The molecule has 1 heterocycles. The van der Waals surface area contributed by atoms with Crippen molar-refractivity contribution in [2.45, 2.75) is 24.2 Å². The predicted octanol–water partition coefficient (Wildman–Crippen LogP) is 2.78. The van der Waals surface area contributed by atoms with E-state index >= 15 is 0 Å². The van der Waals surface area contributed by atoms with Crippen molar-refractivity contribution >= 4 is 15.9 Å². The minimum atomic E-state index is -3.95. The molecule has 0 bridgehead atoms. The highest BCUT2D eigenvalue weighted by Crippen LogP contribution is 2.27. The third-order valence-electron chi connectivity index (χ3n) is 5.08. The Morgan fingerprint density at radius 1 is 0.929 bits per heavy atom. The first kappa shape index (κ1) is 20.4. The van der Waals surface area contributed by atoms with Crippen LogP contribution in [-0.2, 0) is 20.2 Å². The van der Waals surface area contributed by atoms with E-state index in [0.717, 1.165) is 17.7 Å². The van der Waals surface area contributed by atoms with Crippen LogP contribution in [0.5, 0.6) is 0 Å². The molecular weight excluding hydrogens is 386 g/mol. The highest BCUT2D eigenvalue weighted by atomic mass is 32.2. The molecule has 0 spiro atoms. The summed E-state index contributed by atoms with van der Waals surface area (Å²) < 4.78 is 53.1. The summed E-state index contributed by atoms with van der Waals surface area (Å²) in [6, 6.07) is 11.9. The summed E-state index contributed by atoms with van der Waals surface area (Å²) in [6.07, 6.45) is 0. The lowest BCUT2D eigenvalue weighted by molar-refractivity contribution is -0.137. The molecule has 1 amide bonds. The molecule has 0 N–H and O–H groups in total. The average Bonchev–Trinajstić information content (AvgIpc) is 2.70. The molecule has 2 aromatic rings. The SMILES string of the molecule is CC(C)(C(=O)N1CCN(S(=O)(=O)c2ccc(F)c(F)c2)CC1)c1ccccc1. The number of carbonyl (C=O) groups is 1. The third-order valence-corrected chi connectivity index (χ3v) is 6.98. The van der Waals surface area contributed by atoms with Crippen molar-refractivity contribution in [1.82, 2.24) is 9.21 Å². The normalized spacial score (nSPS) is 16.2. The van der Waals surface area contributed by atoms with Crippen LogP contribution >= 0.6 is 0 Å². The van der Waals surface area contributed by atoms with Gasteiger partial charge in [-0.3, -0.25) is 4.79 Å². The van der Waals surface area contributed by atoms with Gasteiger partial charge in [-0.2, -0.15) is 4.31 Å². The minimum absolute atomic E-state index is 0.0800. The van der Waals surface area contributed by atoms with Gasteiger partial charge in [0.2, 0.25) is 15.9 Å². The van der Waals surface area contributed by atoms with Gasteiger partial charge in [0, 0.05) is 26.2 Å². The van der Waals surface area contributed by atoms with E-state index in [9.17, 15) is 22.0 Å².